The largest absolute Gasteiger partial charge is 0.468 e. The van der Waals surface area contributed by atoms with E-state index in [9.17, 15) is 0 Å². The molecule has 1 aromatic rings. The van der Waals surface area contributed by atoms with Crippen molar-refractivity contribution < 1.29 is 9.15 Å². The molecule has 0 amide bonds. The van der Waals surface area contributed by atoms with Gasteiger partial charge in [-0.3, -0.25) is 4.90 Å². The molecular formula is C15H26N2O2. The van der Waals surface area contributed by atoms with Crippen LogP contribution in [0.3, 0.4) is 0 Å². The van der Waals surface area contributed by atoms with E-state index in [1.54, 1.807) is 0 Å². The summed E-state index contributed by atoms with van der Waals surface area (Å²) in [7, 11) is 2.14. The van der Waals surface area contributed by atoms with Gasteiger partial charge >= 0.3 is 0 Å². The molecule has 1 unspecified atom stereocenters. The van der Waals surface area contributed by atoms with Gasteiger partial charge in [-0.1, -0.05) is 13.8 Å². The van der Waals surface area contributed by atoms with Gasteiger partial charge in [0.2, 0.25) is 0 Å². The van der Waals surface area contributed by atoms with E-state index in [4.69, 9.17) is 9.15 Å². The van der Waals surface area contributed by atoms with E-state index in [2.05, 4.69) is 37.2 Å². The molecule has 0 spiro atoms. The van der Waals surface area contributed by atoms with Crippen LogP contribution in [-0.4, -0.2) is 37.7 Å². The van der Waals surface area contributed by atoms with Crippen LogP contribution in [0.25, 0.3) is 0 Å². The highest BCUT2D eigenvalue weighted by Gasteiger charge is 2.20. The lowest BCUT2D eigenvalue weighted by Gasteiger charge is -2.21. The van der Waals surface area contributed by atoms with Crippen LogP contribution in [0.5, 0.6) is 0 Å². The third-order valence-corrected chi connectivity index (χ3v) is 3.52. The normalized spacial score (nSPS) is 19.7. The zero-order valence-corrected chi connectivity index (χ0v) is 12.3. The highest BCUT2D eigenvalue weighted by atomic mass is 16.5. The van der Waals surface area contributed by atoms with E-state index in [1.807, 2.05) is 6.26 Å². The maximum absolute atomic E-state index is 5.63. The third kappa shape index (κ3) is 4.64. The van der Waals surface area contributed by atoms with E-state index in [0.29, 0.717) is 12.0 Å². The van der Waals surface area contributed by atoms with Crippen LogP contribution in [0, 0.1) is 5.92 Å². The maximum atomic E-state index is 5.63. The second-order valence-corrected chi connectivity index (χ2v) is 5.88. The highest BCUT2D eigenvalue weighted by molar-refractivity contribution is 5.12. The van der Waals surface area contributed by atoms with Crippen molar-refractivity contribution in [2.24, 2.45) is 5.92 Å². The molecule has 0 bridgehead atoms. The predicted molar refractivity (Wildman–Crippen MR) is 75.9 cm³/mol. The molecule has 1 fully saturated rings. The van der Waals surface area contributed by atoms with Crippen molar-refractivity contribution in [1.29, 1.82) is 0 Å². The van der Waals surface area contributed by atoms with Crippen molar-refractivity contribution in [3.05, 3.63) is 23.7 Å². The number of ether oxygens (including phenoxy) is 1. The quantitative estimate of drug-likeness (QED) is 0.821. The molecular weight excluding hydrogens is 240 g/mol. The fraction of sp³-hybridized carbons (Fsp3) is 0.733. The molecule has 2 heterocycles. The molecule has 2 rings (SSSR count). The van der Waals surface area contributed by atoms with Crippen LogP contribution in [0.2, 0.25) is 0 Å². The van der Waals surface area contributed by atoms with Gasteiger partial charge in [0.25, 0.3) is 0 Å². The second-order valence-electron chi connectivity index (χ2n) is 5.88. The fourth-order valence-corrected chi connectivity index (χ4v) is 2.35. The smallest absolute Gasteiger partial charge is 0.118 e. The Labute approximate surface area is 116 Å². The molecule has 1 atom stereocenters. The van der Waals surface area contributed by atoms with Gasteiger partial charge in [-0.2, -0.15) is 0 Å². The number of hydrogen-bond acceptors (Lipinski definition) is 4. The van der Waals surface area contributed by atoms with Crippen LogP contribution >= 0.6 is 0 Å². The first-order valence-corrected chi connectivity index (χ1v) is 7.20. The lowest BCUT2D eigenvalue weighted by molar-refractivity contribution is 0.152. The topological polar surface area (TPSA) is 37.6 Å². The van der Waals surface area contributed by atoms with Gasteiger partial charge < -0.3 is 14.5 Å². The Kier molecular flexibility index (Phi) is 5.43. The molecule has 19 heavy (non-hydrogen) atoms. The second kappa shape index (κ2) is 7.08. The van der Waals surface area contributed by atoms with E-state index in [0.717, 1.165) is 45.0 Å². The first-order valence-electron chi connectivity index (χ1n) is 7.20. The van der Waals surface area contributed by atoms with Gasteiger partial charge in [-0.15, -0.1) is 0 Å². The van der Waals surface area contributed by atoms with Gasteiger partial charge in [0, 0.05) is 24.8 Å². The zero-order valence-electron chi connectivity index (χ0n) is 12.3. The third-order valence-electron chi connectivity index (χ3n) is 3.52. The molecule has 0 aliphatic carbocycles. The number of nitrogens with one attached hydrogen (secondary N) is 1. The Bertz CT molecular complexity index is 370. The summed E-state index contributed by atoms with van der Waals surface area (Å²) in [5.41, 5.74) is 1.23. The lowest BCUT2D eigenvalue weighted by Crippen LogP contribution is -2.31. The molecule has 0 radical (unpaired) electrons. The van der Waals surface area contributed by atoms with Gasteiger partial charge in [0.05, 0.1) is 19.4 Å². The summed E-state index contributed by atoms with van der Waals surface area (Å²) in [5, 5.41) is 3.43. The summed E-state index contributed by atoms with van der Waals surface area (Å²) in [4.78, 5) is 2.32. The van der Waals surface area contributed by atoms with Gasteiger partial charge in [0.1, 0.15) is 5.76 Å². The summed E-state index contributed by atoms with van der Waals surface area (Å²) in [6, 6.07) is 2.69. The van der Waals surface area contributed by atoms with Crippen molar-refractivity contribution in [2.75, 3.05) is 26.8 Å². The monoisotopic (exact) mass is 266 g/mol. The summed E-state index contributed by atoms with van der Waals surface area (Å²) < 4.78 is 11.0. The van der Waals surface area contributed by atoms with Crippen LogP contribution in [0.4, 0.5) is 0 Å². The van der Waals surface area contributed by atoms with Crippen molar-refractivity contribution in [1.82, 2.24) is 10.2 Å². The Balaban J connectivity index is 1.76. The number of nitrogens with zero attached hydrogens (tertiary/aromatic N) is 1. The predicted octanol–water partition coefficient (Wildman–Crippen LogP) is 2.25. The Morgan fingerprint density at radius 2 is 2.32 bits per heavy atom. The average Bonchev–Trinajstić information content (AvgIpc) is 2.99. The molecule has 1 aliphatic rings. The highest BCUT2D eigenvalue weighted by Crippen LogP contribution is 2.15. The average molecular weight is 266 g/mol. The minimum absolute atomic E-state index is 0.535. The molecule has 1 aromatic heterocycles. The summed E-state index contributed by atoms with van der Waals surface area (Å²) >= 11 is 0. The van der Waals surface area contributed by atoms with E-state index in [-0.39, 0.29) is 0 Å². The SMILES string of the molecule is CC(C)CNCc1coc(CN(C)C2CCOC2)c1. The van der Waals surface area contributed by atoms with Gasteiger partial charge in [-0.05, 0) is 32.0 Å². The molecule has 1 saturated heterocycles. The first kappa shape index (κ1) is 14.6. The minimum atomic E-state index is 0.535. The summed E-state index contributed by atoms with van der Waals surface area (Å²) in [6.07, 6.45) is 2.99. The summed E-state index contributed by atoms with van der Waals surface area (Å²) in [5.74, 6) is 1.72. The van der Waals surface area contributed by atoms with E-state index >= 15 is 0 Å². The molecule has 4 nitrogen and oxygen atoms in total. The van der Waals surface area contributed by atoms with Crippen molar-refractivity contribution in [3.63, 3.8) is 0 Å². The maximum Gasteiger partial charge on any atom is 0.118 e. The molecule has 1 N–H and O–H groups in total. The Hall–Kier alpha value is -0.840. The molecule has 108 valence electrons. The summed E-state index contributed by atoms with van der Waals surface area (Å²) in [6.45, 7) is 8.95. The number of rotatable bonds is 7. The fourth-order valence-electron chi connectivity index (χ4n) is 2.35. The van der Waals surface area contributed by atoms with Gasteiger partial charge in [0.15, 0.2) is 0 Å². The molecule has 4 heteroatoms. The van der Waals surface area contributed by atoms with Gasteiger partial charge in [-0.25, -0.2) is 0 Å². The minimum Gasteiger partial charge on any atom is -0.468 e. The molecule has 0 aromatic carbocycles. The van der Waals surface area contributed by atoms with Crippen LogP contribution in [-0.2, 0) is 17.8 Å². The lowest BCUT2D eigenvalue weighted by atomic mass is 10.2. The Morgan fingerprint density at radius 3 is 3.00 bits per heavy atom. The van der Waals surface area contributed by atoms with Crippen LogP contribution in [0.15, 0.2) is 16.7 Å². The molecule has 0 saturated carbocycles. The number of likely N-dealkylation sites (N-methyl/N-ethyl adjacent to an activating group) is 1. The van der Waals surface area contributed by atoms with Crippen molar-refractivity contribution in [3.8, 4) is 0 Å². The zero-order chi connectivity index (χ0) is 13.7. The number of hydrogen-bond donors (Lipinski definition) is 1. The van der Waals surface area contributed by atoms with Crippen molar-refractivity contribution >= 4 is 0 Å². The van der Waals surface area contributed by atoms with Crippen LogP contribution in [0.1, 0.15) is 31.6 Å². The van der Waals surface area contributed by atoms with E-state index in [1.165, 1.54) is 5.56 Å². The first-order chi connectivity index (χ1) is 9.15. The van der Waals surface area contributed by atoms with Crippen molar-refractivity contribution in [2.45, 2.75) is 39.4 Å². The van der Waals surface area contributed by atoms with E-state index < -0.39 is 0 Å². The Morgan fingerprint density at radius 1 is 1.47 bits per heavy atom. The van der Waals surface area contributed by atoms with Crippen LogP contribution < -0.4 is 5.32 Å². The standard InChI is InChI=1S/C15H26N2O2/c1-12(2)7-16-8-13-6-15(19-10-13)9-17(3)14-4-5-18-11-14/h6,10,12,14,16H,4-5,7-9,11H2,1-3H3. The number of furan rings is 1. The molecule has 1 aliphatic heterocycles.